The lowest BCUT2D eigenvalue weighted by atomic mass is 9.94. The largest absolute Gasteiger partial charge is 0.493 e. The minimum Gasteiger partial charge on any atom is -0.493 e. The van der Waals surface area contributed by atoms with Gasteiger partial charge in [-0.2, -0.15) is 0 Å². The zero-order chi connectivity index (χ0) is 15.0. The van der Waals surface area contributed by atoms with E-state index in [0.29, 0.717) is 29.9 Å². The van der Waals surface area contributed by atoms with Crippen LogP contribution in [0.15, 0.2) is 29.3 Å². The molecule has 3 atom stereocenters. The Labute approximate surface area is 126 Å². The van der Waals surface area contributed by atoms with Crippen LogP contribution in [0.4, 0.5) is 0 Å². The van der Waals surface area contributed by atoms with Crippen molar-refractivity contribution in [2.75, 3.05) is 6.61 Å². The summed E-state index contributed by atoms with van der Waals surface area (Å²) < 4.78 is 5.66. The van der Waals surface area contributed by atoms with Crippen LogP contribution in [0.1, 0.15) is 45.2 Å². The maximum Gasteiger partial charge on any atom is 0.189 e. The van der Waals surface area contributed by atoms with E-state index in [9.17, 15) is 0 Å². The van der Waals surface area contributed by atoms with Crippen molar-refractivity contribution in [3.8, 4) is 5.75 Å². The van der Waals surface area contributed by atoms with E-state index in [0.717, 1.165) is 17.7 Å². The summed E-state index contributed by atoms with van der Waals surface area (Å²) in [5, 5.41) is 3.39. The lowest BCUT2D eigenvalue weighted by Crippen LogP contribution is -2.37. The molecule has 1 heterocycles. The molecule has 3 N–H and O–H groups in total. The highest BCUT2D eigenvalue weighted by molar-refractivity contribution is 5.79. The minimum atomic E-state index is 0.103. The first-order valence-electron chi connectivity index (χ1n) is 7.82. The van der Waals surface area contributed by atoms with Crippen LogP contribution in [-0.4, -0.2) is 18.6 Å². The Kier molecular flexibility index (Phi) is 3.56. The van der Waals surface area contributed by atoms with Gasteiger partial charge in [0.25, 0.3) is 0 Å². The highest BCUT2D eigenvalue weighted by atomic mass is 16.5. The van der Waals surface area contributed by atoms with E-state index in [1.54, 1.807) is 0 Å². The Morgan fingerprint density at radius 3 is 2.90 bits per heavy atom. The molecule has 21 heavy (non-hydrogen) atoms. The Balaban J connectivity index is 1.69. The number of hydrogen-bond donors (Lipinski definition) is 2. The van der Waals surface area contributed by atoms with Crippen molar-refractivity contribution in [1.29, 1.82) is 0 Å². The molecule has 0 saturated heterocycles. The number of rotatable bonds is 3. The number of nitrogens with one attached hydrogen (secondary N) is 1. The molecule has 114 valence electrons. The molecule has 3 unspecified atom stereocenters. The van der Waals surface area contributed by atoms with E-state index in [2.05, 4.69) is 37.1 Å². The second-order valence-electron chi connectivity index (χ2n) is 6.77. The predicted molar refractivity (Wildman–Crippen MR) is 85.4 cm³/mol. The van der Waals surface area contributed by atoms with Crippen LogP contribution in [0, 0.1) is 11.3 Å². The number of nitrogens with zero attached hydrogens (tertiary/aromatic N) is 1. The van der Waals surface area contributed by atoms with E-state index >= 15 is 0 Å². The van der Waals surface area contributed by atoms with E-state index < -0.39 is 0 Å². The van der Waals surface area contributed by atoms with Crippen LogP contribution in [0.5, 0.6) is 5.75 Å². The molecule has 0 bridgehead atoms. The number of hydrogen-bond acceptors (Lipinski definition) is 2. The zero-order valence-electron chi connectivity index (χ0n) is 13.1. The van der Waals surface area contributed by atoms with Crippen LogP contribution in [0.2, 0.25) is 0 Å². The van der Waals surface area contributed by atoms with E-state index in [4.69, 9.17) is 10.5 Å². The normalized spacial score (nSPS) is 31.5. The highest BCUT2D eigenvalue weighted by Gasteiger charge is 2.52. The van der Waals surface area contributed by atoms with Crippen molar-refractivity contribution < 1.29 is 4.74 Å². The third-order valence-corrected chi connectivity index (χ3v) is 5.14. The molecule has 4 heteroatoms. The number of aliphatic imine (C=N–C) groups is 1. The van der Waals surface area contributed by atoms with Crippen LogP contribution in [-0.2, 0) is 0 Å². The van der Waals surface area contributed by atoms with Gasteiger partial charge in [0, 0.05) is 18.0 Å². The highest BCUT2D eigenvalue weighted by Crippen LogP contribution is 2.51. The Hall–Kier alpha value is -1.71. The van der Waals surface area contributed by atoms with Gasteiger partial charge < -0.3 is 15.8 Å². The third kappa shape index (κ3) is 2.71. The van der Waals surface area contributed by atoms with Crippen molar-refractivity contribution in [3.05, 3.63) is 29.8 Å². The van der Waals surface area contributed by atoms with Gasteiger partial charge in [-0.05, 0) is 23.8 Å². The standard InChI is InChI=1S/C17H25N3O/c1-11(2)17(3)10-15(17)20-16(18)19-13-8-9-21-14-7-5-4-6-12(13)14/h4-7,11,13,15H,8-10H2,1-3H3,(H3,18,19,20). The van der Waals surface area contributed by atoms with Gasteiger partial charge in [-0.15, -0.1) is 0 Å². The first-order chi connectivity index (χ1) is 10.0. The van der Waals surface area contributed by atoms with Crippen molar-refractivity contribution in [2.24, 2.45) is 22.1 Å². The van der Waals surface area contributed by atoms with E-state index in [-0.39, 0.29) is 6.04 Å². The molecule has 3 rings (SSSR count). The fourth-order valence-corrected chi connectivity index (χ4v) is 3.08. The summed E-state index contributed by atoms with van der Waals surface area (Å²) in [5.41, 5.74) is 7.61. The summed E-state index contributed by atoms with van der Waals surface area (Å²) in [7, 11) is 0. The van der Waals surface area contributed by atoms with Crippen molar-refractivity contribution >= 4 is 5.96 Å². The van der Waals surface area contributed by atoms with Crippen LogP contribution in [0.3, 0.4) is 0 Å². The second-order valence-corrected chi connectivity index (χ2v) is 6.77. The lowest BCUT2D eigenvalue weighted by Gasteiger charge is -2.23. The van der Waals surface area contributed by atoms with E-state index in [1.165, 1.54) is 6.42 Å². The van der Waals surface area contributed by atoms with Gasteiger partial charge >= 0.3 is 0 Å². The SMILES string of the molecule is CC(C)C1(C)CC1NC(N)=NC1CCOc2ccccc21. The summed E-state index contributed by atoms with van der Waals surface area (Å²) in [6.45, 7) is 7.55. The van der Waals surface area contributed by atoms with Crippen LogP contribution < -0.4 is 15.8 Å². The molecule has 1 aliphatic heterocycles. The summed E-state index contributed by atoms with van der Waals surface area (Å²) in [4.78, 5) is 4.69. The molecule has 0 aromatic heterocycles. The van der Waals surface area contributed by atoms with Crippen LogP contribution in [0.25, 0.3) is 0 Å². The van der Waals surface area contributed by atoms with Gasteiger partial charge in [0.1, 0.15) is 5.75 Å². The first-order valence-corrected chi connectivity index (χ1v) is 7.82. The topological polar surface area (TPSA) is 59.6 Å². The fourth-order valence-electron chi connectivity index (χ4n) is 3.08. The van der Waals surface area contributed by atoms with Gasteiger partial charge in [-0.25, -0.2) is 4.99 Å². The molecule has 1 fully saturated rings. The maximum atomic E-state index is 6.12. The number of ether oxygens (including phenoxy) is 1. The average Bonchev–Trinajstić information content (AvgIpc) is 3.11. The molecule has 1 aliphatic carbocycles. The zero-order valence-corrected chi connectivity index (χ0v) is 13.1. The molecule has 0 amide bonds. The number of nitrogens with two attached hydrogens (primary N) is 1. The van der Waals surface area contributed by atoms with Gasteiger partial charge in [-0.3, -0.25) is 0 Å². The lowest BCUT2D eigenvalue weighted by molar-refractivity contribution is 0.269. The quantitative estimate of drug-likeness (QED) is 0.664. The Morgan fingerprint density at radius 2 is 2.19 bits per heavy atom. The number of fused-ring (bicyclic) bond motifs is 1. The molecular weight excluding hydrogens is 262 g/mol. The average molecular weight is 287 g/mol. The molecule has 1 saturated carbocycles. The molecule has 4 nitrogen and oxygen atoms in total. The van der Waals surface area contributed by atoms with Gasteiger partial charge in [0.2, 0.25) is 0 Å². The Bertz CT molecular complexity index is 555. The van der Waals surface area contributed by atoms with Crippen molar-refractivity contribution in [2.45, 2.75) is 45.7 Å². The number of guanidine groups is 1. The molecule has 2 aliphatic rings. The smallest absolute Gasteiger partial charge is 0.189 e. The molecule has 1 aromatic carbocycles. The molecule has 1 aromatic rings. The number of benzene rings is 1. The van der Waals surface area contributed by atoms with Gasteiger partial charge in [0.15, 0.2) is 5.96 Å². The molecule has 0 radical (unpaired) electrons. The molecule has 0 spiro atoms. The molecular formula is C17H25N3O. The summed E-state index contributed by atoms with van der Waals surface area (Å²) in [5.74, 6) is 2.15. The Morgan fingerprint density at radius 1 is 1.43 bits per heavy atom. The first kappa shape index (κ1) is 14.2. The van der Waals surface area contributed by atoms with Crippen LogP contribution >= 0.6 is 0 Å². The predicted octanol–water partition coefficient (Wildman–Crippen LogP) is 2.85. The summed E-state index contributed by atoms with van der Waals surface area (Å²) >= 11 is 0. The maximum absolute atomic E-state index is 6.12. The van der Waals surface area contributed by atoms with Crippen molar-refractivity contribution in [1.82, 2.24) is 5.32 Å². The van der Waals surface area contributed by atoms with Gasteiger partial charge in [-0.1, -0.05) is 39.0 Å². The van der Waals surface area contributed by atoms with E-state index in [1.807, 2.05) is 18.2 Å². The minimum absolute atomic E-state index is 0.103. The van der Waals surface area contributed by atoms with Crippen molar-refractivity contribution in [3.63, 3.8) is 0 Å². The number of para-hydroxylation sites is 1. The summed E-state index contributed by atoms with van der Waals surface area (Å²) in [6, 6.07) is 8.65. The fraction of sp³-hybridized carbons (Fsp3) is 0.588. The third-order valence-electron chi connectivity index (χ3n) is 5.14. The van der Waals surface area contributed by atoms with Gasteiger partial charge in [0.05, 0.1) is 12.6 Å². The monoisotopic (exact) mass is 287 g/mol. The second kappa shape index (κ2) is 5.24. The summed E-state index contributed by atoms with van der Waals surface area (Å²) in [6.07, 6.45) is 2.05.